The van der Waals surface area contributed by atoms with Gasteiger partial charge < -0.3 is 10.0 Å². The third-order valence-electron chi connectivity index (χ3n) is 2.89. The lowest BCUT2D eigenvalue weighted by Gasteiger charge is -2.14. The number of nitrogens with zero attached hydrogens (tertiary/aromatic N) is 1. The Kier molecular flexibility index (Phi) is 5.40. The Balaban J connectivity index is 1.88. The average molecular weight is 185 g/mol. The van der Waals surface area contributed by atoms with Gasteiger partial charge in [-0.2, -0.15) is 0 Å². The standard InChI is InChI=1S/C11H23NO/c1-11-6-8-12(10-11)7-4-2-3-5-9-13/h11,13H,2-10H2,1H3. The van der Waals surface area contributed by atoms with Crippen LogP contribution < -0.4 is 0 Å². The molecule has 78 valence electrons. The fraction of sp³-hybridized carbons (Fsp3) is 1.00. The number of likely N-dealkylation sites (tertiary alicyclic amines) is 1. The van der Waals surface area contributed by atoms with Gasteiger partial charge in [-0.15, -0.1) is 0 Å². The number of unbranched alkanes of at least 4 members (excludes halogenated alkanes) is 3. The lowest BCUT2D eigenvalue weighted by atomic mass is 10.2. The number of aliphatic hydroxyl groups excluding tert-OH is 1. The maximum absolute atomic E-state index is 8.60. The molecule has 1 heterocycles. The summed E-state index contributed by atoms with van der Waals surface area (Å²) >= 11 is 0. The van der Waals surface area contributed by atoms with E-state index in [9.17, 15) is 0 Å². The fourth-order valence-electron chi connectivity index (χ4n) is 2.03. The monoisotopic (exact) mass is 185 g/mol. The number of rotatable bonds is 6. The van der Waals surface area contributed by atoms with Crippen LogP contribution in [-0.2, 0) is 0 Å². The van der Waals surface area contributed by atoms with Gasteiger partial charge in [-0.3, -0.25) is 0 Å². The normalized spacial score (nSPS) is 24.0. The van der Waals surface area contributed by atoms with Gasteiger partial charge in [0.05, 0.1) is 0 Å². The third-order valence-corrected chi connectivity index (χ3v) is 2.89. The first-order valence-corrected chi connectivity index (χ1v) is 5.66. The van der Waals surface area contributed by atoms with Gasteiger partial charge in [-0.1, -0.05) is 19.8 Å². The molecule has 1 N–H and O–H groups in total. The second-order valence-electron chi connectivity index (χ2n) is 4.33. The molecule has 1 unspecified atom stereocenters. The highest BCUT2D eigenvalue weighted by atomic mass is 16.2. The summed E-state index contributed by atoms with van der Waals surface area (Å²) in [5, 5.41) is 8.60. The van der Waals surface area contributed by atoms with E-state index in [2.05, 4.69) is 11.8 Å². The van der Waals surface area contributed by atoms with Crippen molar-refractivity contribution in [3.05, 3.63) is 0 Å². The van der Waals surface area contributed by atoms with Crippen LogP contribution in [-0.4, -0.2) is 36.2 Å². The molecule has 1 aliphatic heterocycles. The molecule has 0 bridgehead atoms. The first kappa shape index (κ1) is 11.0. The van der Waals surface area contributed by atoms with Gasteiger partial charge in [0.1, 0.15) is 0 Å². The Morgan fingerprint density at radius 3 is 2.62 bits per heavy atom. The largest absolute Gasteiger partial charge is 0.396 e. The smallest absolute Gasteiger partial charge is 0.0431 e. The number of hydrogen-bond acceptors (Lipinski definition) is 2. The molecule has 2 heteroatoms. The molecule has 0 aromatic carbocycles. The molecule has 1 fully saturated rings. The molecule has 0 aromatic heterocycles. The molecule has 1 aliphatic rings. The van der Waals surface area contributed by atoms with Crippen LogP contribution in [0.3, 0.4) is 0 Å². The molecule has 1 rings (SSSR count). The molecular formula is C11H23NO. The summed E-state index contributed by atoms with van der Waals surface area (Å²) in [7, 11) is 0. The summed E-state index contributed by atoms with van der Waals surface area (Å²) < 4.78 is 0. The van der Waals surface area contributed by atoms with E-state index in [0.29, 0.717) is 6.61 Å². The van der Waals surface area contributed by atoms with Crippen LogP contribution in [0.4, 0.5) is 0 Å². The minimum Gasteiger partial charge on any atom is -0.396 e. The zero-order valence-electron chi connectivity index (χ0n) is 8.84. The van der Waals surface area contributed by atoms with E-state index in [0.717, 1.165) is 12.3 Å². The average Bonchev–Trinajstić information content (AvgIpc) is 2.51. The van der Waals surface area contributed by atoms with Crippen molar-refractivity contribution in [1.82, 2.24) is 4.90 Å². The Morgan fingerprint density at radius 2 is 2.00 bits per heavy atom. The van der Waals surface area contributed by atoms with E-state index in [1.807, 2.05) is 0 Å². The summed E-state index contributed by atoms with van der Waals surface area (Å²) in [5.74, 6) is 0.914. The molecule has 1 saturated heterocycles. The van der Waals surface area contributed by atoms with Crippen molar-refractivity contribution in [3.8, 4) is 0 Å². The van der Waals surface area contributed by atoms with E-state index in [1.165, 1.54) is 45.3 Å². The minimum atomic E-state index is 0.362. The van der Waals surface area contributed by atoms with Crippen molar-refractivity contribution in [2.45, 2.75) is 39.0 Å². The SMILES string of the molecule is CC1CCN(CCCCCCO)C1. The van der Waals surface area contributed by atoms with Crippen molar-refractivity contribution < 1.29 is 5.11 Å². The molecule has 0 radical (unpaired) electrons. The van der Waals surface area contributed by atoms with Gasteiger partial charge >= 0.3 is 0 Å². The predicted molar refractivity (Wildman–Crippen MR) is 55.8 cm³/mol. The van der Waals surface area contributed by atoms with Gasteiger partial charge in [0.15, 0.2) is 0 Å². The zero-order valence-corrected chi connectivity index (χ0v) is 8.84. The molecule has 13 heavy (non-hydrogen) atoms. The van der Waals surface area contributed by atoms with Gasteiger partial charge in [-0.25, -0.2) is 0 Å². The summed E-state index contributed by atoms with van der Waals surface area (Å²) in [5.41, 5.74) is 0. The summed E-state index contributed by atoms with van der Waals surface area (Å²) in [6, 6.07) is 0. The Bertz CT molecular complexity index is 127. The van der Waals surface area contributed by atoms with Crippen LogP contribution in [0.5, 0.6) is 0 Å². The summed E-state index contributed by atoms with van der Waals surface area (Å²) in [6.07, 6.45) is 6.16. The molecule has 0 aliphatic carbocycles. The summed E-state index contributed by atoms with van der Waals surface area (Å²) in [4.78, 5) is 2.57. The van der Waals surface area contributed by atoms with Crippen molar-refractivity contribution in [2.75, 3.05) is 26.2 Å². The number of hydrogen-bond donors (Lipinski definition) is 1. The van der Waals surface area contributed by atoms with E-state index in [4.69, 9.17) is 5.11 Å². The molecule has 0 spiro atoms. The van der Waals surface area contributed by atoms with Crippen LogP contribution in [0.15, 0.2) is 0 Å². The van der Waals surface area contributed by atoms with Gasteiger partial charge in [0.25, 0.3) is 0 Å². The van der Waals surface area contributed by atoms with Gasteiger partial charge in [0.2, 0.25) is 0 Å². The fourth-order valence-corrected chi connectivity index (χ4v) is 2.03. The highest BCUT2D eigenvalue weighted by Crippen LogP contribution is 2.15. The van der Waals surface area contributed by atoms with Gasteiger partial charge in [-0.05, 0) is 38.3 Å². The van der Waals surface area contributed by atoms with Crippen molar-refractivity contribution in [2.24, 2.45) is 5.92 Å². The molecule has 0 amide bonds. The minimum absolute atomic E-state index is 0.362. The summed E-state index contributed by atoms with van der Waals surface area (Å²) in [6.45, 7) is 6.59. The molecule has 1 atom stereocenters. The Labute approximate surface area is 81.9 Å². The lowest BCUT2D eigenvalue weighted by Crippen LogP contribution is -2.21. The predicted octanol–water partition coefficient (Wildman–Crippen LogP) is 1.88. The number of aliphatic hydroxyl groups is 1. The van der Waals surface area contributed by atoms with Crippen molar-refractivity contribution >= 4 is 0 Å². The van der Waals surface area contributed by atoms with Crippen molar-refractivity contribution in [1.29, 1.82) is 0 Å². The first-order chi connectivity index (χ1) is 6.33. The molecular weight excluding hydrogens is 162 g/mol. The maximum Gasteiger partial charge on any atom is 0.0431 e. The van der Waals surface area contributed by atoms with Crippen molar-refractivity contribution in [3.63, 3.8) is 0 Å². The molecule has 0 saturated carbocycles. The van der Waals surface area contributed by atoms with E-state index >= 15 is 0 Å². The molecule has 2 nitrogen and oxygen atoms in total. The second kappa shape index (κ2) is 6.39. The molecule has 0 aromatic rings. The van der Waals surface area contributed by atoms with Crippen LogP contribution in [0.1, 0.15) is 39.0 Å². The van der Waals surface area contributed by atoms with Crippen LogP contribution in [0.25, 0.3) is 0 Å². The van der Waals surface area contributed by atoms with Crippen LogP contribution in [0, 0.1) is 5.92 Å². The van der Waals surface area contributed by atoms with E-state index < -0.39 is 0 Å². The first-order valence-electron chi connectivity index (χ1n) is 5.66. The Hall–Kier alpha value is -0.0800. The van der Waals surface area contributed by atoms with Crippen LogP contribution >= 0.6 is 0 Å². The maximum atomic E-state index is 8.60. The lowest BCUT2D eigenvalue weighted by molar-refractivity contribution is 0.277. The van der Waals surface area contributed by atoms with E-state index in [1.54, 1.807) is 0 Å². The highest BCUT2D eigenvalue weighted by Gasteiger charge is 2.17. The topological polar surface area (TPSA) is 23.5 Å². The second-order valence-corrected chi connectivity index (χ2v) is 4.33. The van der Waals surface area contributed by atoms with Gasteiger partial charge in [0, 0.05) is 13.2 Å². The quantitative estimate of drug-likeness (QED) is 0.639. The highest BCUT2D eigenvalue weighted by molar-refractivity contribution is 4.71. The zero-order chi connectivity index (χ0) is 9.52. The van der Waals surface area contributed by atoms with Crippen LogP contribution in [0.2, 0.25) is 0 Å². The van der Waals surface area contributed by atoms with E-state index in [-0.39, 0.29) is 0 Å². The third kappa shape index (κ3) is 4.63. The Morgan fingerprint density at radius 1 is 1.23 bits per heavy atom.